The third-order valence-corrected chi connectivity index (χ3v) is 8.29. The Labute approximate surface area is 204 Å². The van der Waals surface area contributed by atoms with Crippen molar-refractivity contribution in [3.8, 4) is 17.2 Å². The molecule has 3 heterocycles. The van der Waals surface area contributed by atoms with Gasteiger partial charge in [-0.15, -0.1) is 0 Å². The van der Waals surface area contributed by atoms with Crippen LogP contribution in [-0.2, 0) is 19.6 Å². The Balaban J connectivity index is 1.24. The van der Waals surface area contributed by atoms with Gasteiger partial charge in [-0.1, -0.05) is 0 Å². The van der Waals surface area contributed by atoms with Gasteiger partial charge in [0.15, 0.2) is 11.5 Å². The Morgan fingerprint density at radius 3 is 2.31 bits per heavy atom. The Morgan fingerprint density at radius 2 is 1.63 bits per heavy atom. The molecule has 0 N–H and O–H groups in total. The van der Waals surface area contributed by atoms with Gasteiger partial charge < -0.3 is 14.2 Å². The maximum absolute atomic E-state index is 13.2. The van der Waals surface area contributed by atoms with Crippen LogP contribution in [-0.4, -0.2) is 81.5 Å². The molecule has 0 radical (unpaired) electrons. The van der Waals surface area contributed by atoms with Crippen molar-refractivity contribution < 1.29 is 32.2 Å². The van der Waals surface area contributed by atoms with E-state index in [1.54, 1.807) is 30.3 Å². The van der Waals surface area contributed by atoms with Gasteiger partial charge in [-0.2, -0.15) is 4.31 Å². The third kappa shape index (κ3) is 4.46. The number of ether oxygens (including phenoxy) is 3. The predicted octanol–water partition coefficient (Wildman–Crippen LogP) is 1.49. The molecule has 2 aromatic carbocycles. The number of imide groups is 1. The first-order chi connectivity index (χ1) is 16.9. The first kappa shape index (κ1) is 23.6. The molecule has 0 spiro atoms. The molecular formula is C24H27N3O7S. The predicted molar refractivity (Wildman–Crippen MR) is 126 cm³/mol. The maximum atomic E-state index is 13.2. The van der Waals surface area contributed by atoms with E-state index in [0.717, 1.165) is 0 Å². The van der Waals surface area contributed by atoms with Crippen LogP contribution in [0.5, 0.6) is 17.2 Å². The van der Waals surface area contributed by atoms with Gasteiger partial charge in [-0.3, -0.25) is 14.5 Å². The summed E-state index contributed by atoms with van der Waals surface area (Å²) >= 11 is 0. The van der Waals surface area contributed by atoms with Crippen LogP contribution in [0.25, 0.3) is 0 Å². The molecule has 2 aromatic rings. The molecule has 0 aliphatic carbocycles. The Hall–Kier alpha value is -3.15. The number of amides is 2. The molecule has 11 heteroatoms. The van der Waals surface area contributed by atoms with Gasteiger partial charge in [0.2, 0.25) is 15.9 Å². The number of sulfonamides is 1. The molecule has 10 nitrogen and oxygen atoms in total. The summed E-state index contributed by atoms with van der Waals surface area (Å²) < 4.78 is 44.2. The van der Waals surface area contributed by atoms with Crippen LogP contribution in [0.4, 0.5) is 5.69 Å². The van der Waals surface area contributed by atoms with Crippen molar-refractivity contribution >= 4 is 27.5 Å². The summed E-state index contributed by atoms with van der Waals surface area (Å²) in [6.45, 7) is 4.36. The molecule has 1 atom stereocenters. The number of carbonyl (C=O) groups excluding carboxylic acids is 2. The number of carbonyl (C=O) groups is 2. The van der Waals surface area contributed by atoms with Crippen LogP contribution in [0, 0.1) is 0 Å². The second-order valence-corrected chi connectivity index (χ2v) is 10.4. The zero-order valence-corrected chi connectivity index (χ0v) is 20.2. The second-order valence-electron chi connectivity index (χ2n) is 8.46. The first-order valence-electron chi connectivity index (χ1n) is 11.6. The number of rotatable bonds is 6. The molecule has 0 aromatic heterocycles. The number of benzene rings is 2. The van der Waals surface area contributed by atoms with Crippen molar-refractivity contribution in [3.05, 3.63) is 42.5 Å². The fraction of sp³-hybridized carbons (Fsp3) is 0.417. The maximum Gasteiger partial charge on any atom is 0.251 e. The number of nitrogens with zero attached hydrogens (tertiary/aromatic N) is 3. The molecule has 186 valence electrons. The molecule has 0 saturated carbocycles. The Bertz CT molecular complexity index is 1220. The molecule has 2 fully saturated rings. The van der Waals surface area contributed by atoms with Gasteiger partial charge in [0.05, 0.1) is 29.7 Å². The summed E-state index contributed by atoms with van der Waals surface area (Å²) in [5.41, 5.74) is 0.505. The van der Waals surface area contributed by atoms with Crippen LogP contribution in [0.1, 0.15) is 13.3 Å². The minimum absolute atomic E-state index is 0.0704. The number of fused-ring (bicyclic) bond motifs is 1. The highest BCUT2D eigenvalue weighted by molar-refractivity contribution is 7.89. The van der Waals surface area contributed by atoms with Gasteiger partial charge in [0, 0.05) is 32.2 Å². The number of hydrogen-bond donors (Lipinski definition) is 0. The van der Waals surface area contributed by atoms with E-state index in [1.165, 1.54) is 21.3 Å². The average molecular weight is 502 g/mol. The lowest BCUT2D eigenvalue weighted by atomic mass is 10.2. The van der Waals surface area contributed by atoms with Crippen molar-refractivity contribution in [2.45, 2.75) is 24.3 Å². The average Bonchev–Trinajstić information content (AvgIpc) is 3.18. The minimum atomic E-state index is -3.73. The Morgan fingerprint density at radius 1 is 0.943 bits per heavy atom. The zero-order valence-electron chi connectivity index (χ0n) is 19.4. The van der Waals surface area contributed by atoms with E-state index >= 15 is 0 Å². The fourth-order valence-corrected chi connectivity index (χ4v) is 6.06. The summed E-state index contributed by atoms with van der Waals surface area (Å²) in [6.07, 6.45) is 0.0704. The van der Waals surface area contributed by atoms with Crippen molar-refractivity contribution in [1.82, 2.24) is 9.21 Å². The van der Waals surface area contributed by atoms with Crippen LogP contribution in [0.15, 0.2) is 47.4 Å². The normalized spacial score (nSPS) is 21.4. The highest BCUT2D eigenvalue weighted by atomic mass is 32.2. The van der Waals surface area contributed by atoms with E-state index in [2.05, 4.69) is 0 Å². The third-order valence-electron chi connectivity index (χ3n) is 6.39. The van der Waals surface area contributed by atoms with Gasteiger partial charge in [-0.05, 0) is 43.3 Å². The van der Waals surface area contributed by atoms with Gasteiger partial charge >= 0.3 is 0 Å². The largest absolute Gasteiger partial charge is 0.494 e. The zero-order chi connectivity index (χ0) is 24.6. The molecule has 3 aliphatic rings. The molecule has 0 bridgehead atoms. The number of piperazine rings is 1. The molecule has 2 saturated heterocycles. The van der Waals surface area contributed by atoms with E-state index in [-0.39, 0.29) is 36.2 Å². The van der Waals surface area contributed by atoms with Gasteiger partial charge in [0.25, 0.3) is 5.91 Å². The van der Waals surface area contributed by atoms with Crippen LogP contribution in [0.2, 0.25) is 0 Å². The minimum Gasteiger partial charge on any atom is -0.494 e. The highest BCUT2D eigenvalue weighted by Gasteiger charge is 2.44. The monoisotopic (exact) mass is 501 g/mol. The number of anilines is 1. The van der Waals surface area contributed by atoms with Crippen molar-refractivity contribution in [3.63, 3.8) is 0 Å². The smallest absolute Gasteiger partial charge is 0.251 e. The first-order valence-corrected chi connectivity index (χ1v) is 13.1. The summed E-state index contributed by atoms with van der Waals surface area (Å²) in [7, 11) is -3.73. The van der Waals surface area contributed by atoms with Crippen molar-refractivity contribution in [2.24, 2.45) is 0 Å². The summed E-state index contributed by atoms with van der Waals surface area (Å²) in [6, 6.07) is 10.9. The quantitative estimate of drug-likeness (QED) is 0.549. The van der Waals surface area contributed by atoms with Crippen LogP contribution in [0.3, 0.4) is 0 Å². The van der Waals surface area contributed by atoms with E-state index < -0.39 is 16.1 Å². The second kappa shape index (κ2) is 9.48. The lowest BCUT2D eigenvalue weighted by molar-refractivity contribution is -0.123. The van der Waals surface area contributed by atoms with Crippen molar-refractivity contribution in [1.29, 1.82) is 0 Å². The Kier molecular flexibility index (Phi) is 6.39. The molecule has 3 aliphatic heterocycles. The topological polar surface area (TPSA) is 106 Å². The summed E-state index contributed by atoms with van der Waals surface area (Å²) in [4.78, 5) is 29.1. The van der Waals surface area contributed by atoms with Crippen molar-refractivity contribution in [2.75, 3.05) is 50.9 Å². The van der Waals surface area contributed by atoms with Gasteiger partial charge in [0.1, 0.15) is 19.0 Å². The van der Waals surface area contributed by atoms with E-state index in [9.17, 15) is 18.0 Å². The lowest BCUT2D eigenvalue weighted by Gasteiger charge is -2.36. The molecule has 0 unspecified atom stereocenters. The van der Waals surface area contributed by atoms with E-state index in [4.69, 9.17) is 14.2 Å². The van der Waals surface area contributed by atoms with E-state index in [0.29, 0.717) is 55.8 Å². The number of hydrogen-bond acceptors (Lipinski definition) is 8. The van der Waals surface area contributed by atoms with Crippen LogP contribution >= 0.6 is 0 Å². The standard InChI is InChI=1S/C24H27N3O7S/c1-2-32-18-5-3-17(4-6-18)27-23(28)16-20(24(27)29)25-9-11-26(12-10-25)35(30,31)19-7-8-21-22(15-19)34-14-13-33-21/h3-8,15,20H,2,9-14,16H2,1H3/t20-/m1/s1. The summed E-state index contributed by atoms with van der Waals surface area (Å²) in [5, 5.41) is 0. The summed E-state index contributed by atoms with van der Waals surface area (Å²) in [5.74, 6) is 1.06. The lowest BCUT2D eigenvalue weighted by Crippen LogP contribution is -2.53. The SMILES string of the molecule is CCOc1ccc(N2C(=O)C[C@@H](N3CCN(S(=O)(=O)c4ccc5c(c4)OCCO5)CC3)C2=O)cc1. The van der Waals surface area contributed by atoms with Crippen LogP contribution < -0.4 is 19.1 Å². The highest BCUT2D eigenvalue weighted by Crippen LogP contribution is 2.34. The van der Waals surface area contributed by atoms with E-state index in [1.807, 2.05) is 11.8 Å². The molecule has 5 rings (SSSR count). The molecular weight excluding hydrogens is 474 g/mol. The van der Waals surface area contributed by atoms with Gasteiger partial charge in [-0.25, -0.2) is 13.3 Å². The fourth-order valence-electron chi connectivity index (χ4n) is 4.62. The molecule has 35 heavy (non-hydrogen) atoms. The molecule has 2 amide bonds.